The fourth-order valence-electron chi connectivity index (χ4n) is 5.36. The number of urea groups is 1. The molecular formula is C30H41ClN8O5. The highest BCUT2D eigenvalue weighted by atomic mass is 35.5. The summed E-state index contributed by atoms with van der Waals surface area (Å²) in [7, 11) is 1.35. The van der Waals surface area contributed by atoms with E-state index in [1.807, 2.05) is 29.2 Å². The van der Waals surface area contributed by atoms with Crippen LogP contribution in [0, 0.1) is 0 Å². The van der Waals surface area contributed by atoms with E-state index in [9.17, 15) is 14.4 Å². The maximum absolute atomic E-state index is 12.5. The predicted octanol–water partition coefficient (Wildman–Crippen LogP) is 3.89. The van der Waals surface area contributed by atoms with Gasteiger partial charge >= 0.3 is 18.0 Å². The number of hydrogen-bond donors (Lipinski definition) is 3. The first kappa shape index (κ1) is 32.9. The average molecular weight is 629 g/mol. The highest BCUT2D eigenvalue weighted by Gasteiger charge is 2.43. The smallest absolute Gasteiger partial charge is 0.319 e. The van der Waals surface area contributed by atoms with Gasteiger partial charge in [0.05, 0.1) is 26.4 Å². The van der Waals surface area contributed by atoms with Crippen LogP contribution in [0.25, 0.3) is 11.2 Å². The van der Waals surface area contributed by atoms with Crippen LogP contribution in [0.2, 0.25) is 5.28 Å². The summed E-state index contributed by atoms with van der Waals surface area (Å²) in [5.41, 5.74) is 2.15. The fraction of sp³-hybridized carbons (Fsp3) is 0.533. The molecule has 0 bridgehead atoms. The highest BCUT2D eigenvalue weighted by molar-refractivity contribution is 6.28. The minimum Gasteiger partial charge on any atom is -0.469 e. The van der Waals surface area contributed by atoms with E-state index in [2.05, 4.69) is 56.2 Å². The molecule has 1 aromatic carbocycles. The van der Waals surface area contributed by atoms with Crippen molar-refractivity contribution in [2.75, 3.05) is 56.6 Å². The molecule has 0 radical (unpaired) electrons. The number of rotatable bonds is 12. The number of imidazole rings is 1. The number of benzene rings is 1. The molecule has 13 nitrogen and oxygen atoms in total. The maximum Gasteiger partial charge on any atom is 0.319 e. The minimum atomic E-state index is -0.865. The summed E-state index contributed by atoms with van der Waals surface area (Å²) in [6, 6.07) is 7.50. The maximum atomic E-state index is 12.5. The van der Waals surface area contributed by atoms with Gasteiger partial charge in [-0.1, -0.05) is 32.9 Å². The van der Waals surface area contributed by atoms with Crippen molar-refractivity contribution in [1.29, 1.82) is 0 Å². The Hall–Kier alpha value is -3.97. The highest BCUT2D eigenvalue weighted by Crippen LogP contribution is 2.33. The molecule has 0 saturated carbocycles. The van der Waals surface area contributed by atoms with E-state index in [0.29, 0.717) is 74.8 Å². The van der Waals surface area contributed by atoms with Crippen molar-refractivity contribution in [2.24, 2.45) is 0 Å². The van der Waals surface area contributed by atoms with Crippen LogP contribution in [0.3, 0.4) is 0 Å². The summed E-state index contributed by atoms with van der Waals surface area (Å²) in [5.74, 6) is -0.159. The van der Waals surface area contributed by atoms with Gasteiger partial charge < -0.3 is 30.0 Å². The number of H-pyrrole nitrogens is 1. The van der Waals surface area contributed by atoms with Crippen molar-refractivity contribution in [1.82, 2.24) is 30.2 Å². The van der Waals surface area contributed by atoms with Crippen molar-refractivity contribution < 1.29 is 23.9 Å². The molecule has 1 atom stereocenters. The summed E-state index contributed by atoms with van der Waals surface area (Å²) < 4.78 is 10.8. The van der Waals surface area contributed by atoms with E-state index in [1.165, 1.54) is 25.9 Å². The Balaban J connectivity index is 1.38. The van der Waals surface area contributed by atoms with Crippen molar-refractivity contribution >= 4 is 52.2 Å². The number of esters is 2. The topological polar surface area (TPSA) is 155 Å². The first-order chi connectivity index (χ1) is 20.9. The van der Waals surface area contributed by atoms with Crippen LogP contribution in [-0.2, 0) is 24.5 Å². The van der Waals surface area contributed by atoms with Gasteiger partial charge in [0.15, 0.2) is 11.5 Å². The van der Waals surface area contributed by atoms with E-state index in [1.54, 1.807) is 0 Å². The molecule has 1 fully saturated rings. The molecule has 0 spiro atoms. The van der Waals surface area contributed by atoms with Gasteiger partial charge in [0.2, 0.25) is 5.28 Å². The van der Waals surface area contributed by atoms with Crippen LogP contribution >= 0.6 is 11.6 Å². The number of ether oxygens (including phenoxy) is 2. The molecule has 3 aromatic rings. The van der Waals surface area contributed by atoms with Gasteiger partial charge in [-0.3, -0.25) is 14.5 Å². The van der Waals surface area contributed by atoms with Gasteiger partial charge in [0, 0.05) is 45.2 Å². The SMILES string of the molecule is COC(=O)CCN(CCCNC(=O)Nc1ccc(C(C)(C)C)cc1)CC1(OC(C)=O)CCN(c2nc(Cl)nc3nc[nH]c23)C1. The molecule has 14 heteroatoms. The number of fused-ring (bicyclic) bond motifs is 1. The van der Waals surface area contributed by atoms with Crippen LogP contribution in [0.4, 0.5) is 16.3 Å². The number of carbonyl (C=O) groups is 3. The van der Waals surface area contributed by atoms with E-state index < -0.39 is 11.6 Å². The molecule has 44 heavy (non-hydrogen) atoms. The lowest BCUT2D eigenvalue weighted by Crippen LogP contribution is -2.49. The van der Waals surface area contributed by atoms with Gasteiger partial charge in [-0.25, -0.2) is 9.78 Å². The molecule has 238 valence electrons. The monoisotopic (exact) mass is 628 g/mol. The number of methoxy groups -OCH3 is 1. The second kappa shape index (κ2) is 14.2. The van der Waals surface area contributed by atoms with Crippen molar-refractivity contribution in [3.8, 4) is 0 Å². The fourth-order valence-corrected chi connectivity index (χ4v) is 5.52. The Morgan fingerprint density at radius 1 is 1.16 bits per heavy atom. The van der Waals surface area contributed by atoms with E-state index in [4.69, 9.17) is 21.1 Å². The molecule has 2 amide bonds. The van der Waals surface area contributed by atoms with Gasteiger partial charge in [-0.05, 0) is 47.7 Å². The summed E-state index contributed by atoms with van der Waals surface area (Å²) in [6.07, 6.45) is 2.84. The summed E-state index contributed by atoms with van der Waals surface area (Å²) >= 11 is 6.17. The number of halogens is 1. The van der Waals surface area contributed by atoms with E-state index in [-0.39, 0.29) is 29.1 Å². The second-order valence-electron chi connectivity index (χ2n) is 12.0. The molecule has 0 aliphatic carbocycles. The Kier molecular flexibility index (Phi) is 10.6. The number of anilines is 2. The lowest BCUT2D eigenvalue weighted by atomic mass is 9.87. The third kappa shape index (κ3) is 8.79. The second-order valence-corrected chi connectivity index (χ2v) is 12.4. The number of hydrogen-bond acceptors (Lipinski definition) is 10. The third-order valence-electron chi connectivity index (χ3n) is 7.53. The molecule has 1 aliphatic rings. The molecule has 4 rings (SSSR count). The molecule has 1 saturated heterocycles. The van der Waals surface area contributed by atoms with Crippen LogP contribution in [-0.4, -0.2) is 94.8 Å². The lowest BCUT2D eigenvalue weighted by molar-refractivity contribution is -0.157. The van der Waals surface area contributed by atoms with Gasteiger partial charge in [-0.15, -0.1) is 0 Å². The Morgan fingerprint density at radius 3 is 2.59 bits per heavy atom. The van der Waals surface area contributed by atoms with E-state index >= 15 is 0 Å². The van der Waals surface area contributed by atoms with Gasteiger partial charge in [-0.2, -0.15) is 9.97 Å². The third-order valence-corrected chi connectivity index (χ3v) is 7.70. The van der Waals surface area contributed by atoms with Crippen LogP contribution in [0.15, 0.2) is 30.6 Å². The Bertz CT molecular complexity index is 1460. The van der Waals surface area contributed by atoms with Gasteiger partial charge in [0.25, 0.3) is 0 Å². The Morgan fingerprint density at radius 2 is 1.91 bits per heavy atom. The van der Waals surface area contributed by atoms with Crippen molar-refractivity contribution in [3.63, 3.8) is 0 Å². The molecule has 2 aromatic heterocycles. The lowest BCUT2D eigenvalue weighted by Gasteiger charge is -2.35. The zero-order chi connectivity index (χ0) is 31.9. The van der Waals surface area contributed by atoms with Crippen LogP contribution in [0.1, 0.15) is 52.5 Å². The van der Waals surface area contributed by atoms with Crippen LogP contribution in [0.5, 0.6) is 0 Å². The van der Waals surface area contributed by atoms with Crippen molar-refractivity contribution in [3.05, 3.63) is 41.4 Å². The molecule has 1 aliphatic heterocycles. The zero-order valence-corrected chi connectivity index (χ0v) is 26.7. The number of aromatic amines is 1. The molecule has 1 unspecified atom stereocenters. The van der Waals surface area contributed by atoms with Crippen molar-refractivity contribution in [2.45, 2.75) is 58.0 Å². The summed E-state index contributed by atoms with van der Waals surface area (Å²) in [4.78, 5) is 56.7. The average Bonchev–Trinajstić information content (AvgIpc) is 3.60. The molecule has 3 heterocycles. The van der Waals surface area contributed by atoms with Crippen LogP contribution < -0.4 is 15.5 Å². The predicted molar refractivity (Wildman–Crippen MR) is 168 cm³/mol. The number of nitrogens with zero attached hydrogens (tertiary/aromatic N) is 5. The summed E-state index contributed by atoms with van der Waals surface area (Å²) in [6.45, 7) is 10.4. The normalized spacial score (nSPS) is 16.8. The minimum absolute atomic E-state index is 0.0289. The molecular weight excluding hydrogens is 588 g/mol. The van der Waals surface area contributed by atoms with E-state index in [0.717, 1.165) is 0 Å². The summed E-state index contributed by atoms with van der Waals surface area (Å²) in [5, 5.41) is 5.83. The Labute approximate surface area is 262 Å². The number of nitrogens with one attached hydrogen (secondary N) is 3. The number of carbonyl (C=O) groups excluding carboxylic acids is 3. The first-order valence-corrected chi connectivity index (χ1v) is 15.0. The first-order valence-electron chi connectivity index (χ1n) is 14.6. The number of amides is 2. The van der Waals surface area contributed by atoms with Gasteiger partial charge in [0.1, 0.15) is 11.1 Å². The number of aromatic nitrogens is 4. The standard InChI is InChI=1S/C30H41ClN8O5/c1-20(40)44-30(12-16-39(18-30)26-24-25(34-19-33-24)36-27(31)37-26)17-38(15-11-23(41)43-5)14-6-13-32-28(42)35-22-9-7-21(8-10-22)29(2,3)4/h7-10,19H,6,11-18H2,1-5H3,(H2,32,35,42)(H,33,34,36,37). The molecule has 3 N–H and O–H groups in total. The zero-order valence-electron chi connectivity index (χ0n) is 25.9. The largest absolute Gasteiger partial charge is 0.469 e. The quantitative estimate of drug-likeness (QED) is 0.153.